The van der Waals surface area contributed by atoms with Gasteiger partial charge < -0.3 is 0 Å². The van der Waals surface area contributed by atoms with Crippen LogP contribution in [0.25, 0.3) is 33.5 Å². The van der Waals surface area contributed by atoms with E-state index in [1.54, 1.807) is 0 Å². The molecule has 5 heteroatoms. The molecule has 0 amide bonds. The Labute approximate surface area is 191 Å². The number of nitrogens with zero attached hydrogens (tertiary/aromatic N) is 5. The number of imidazole rings is 2. The van der Waals surface area contributed by atoms with Gasteiger partial charge in [-0.2, -0.15) is 5.26 Å². The molecule has 3 heterocycles. The molecule has 0 fully saturated rings. The lowest BCUT2D eigenvalue weighted by molar-refractivity contribution is 0.905. The summed E-state index contributed by atoms with van der Waals surface area (Å²) in [7, 11) is 0. The maximum Gasteiger partial charge on any atom is 0.157 e. The molecule has 158 valence electrons. The van der Waals surface area contributed by atoms with Crippen molar-refractivity contribution in [3.05, 3.63) is 107 Å². The van der Waals surface area contributed by atoms with Gasteiger partial charge >= 0.3 is 0 Å². The average molecular weight is 428 g/mol. The smallest absolute Gasteiger partial charge is 0.157 e. The number of benzene rings is 3. The number of aryl methyl sites for hydroxylation is 1. The average Bonchev–Trinajstić information content (AvgIpc) is 3.38. The van der Waals surface area contributed by atoms with Crippen molar-refractivity contribution < 1.29 is 0 Å². The van der Waals surface area contributed by atoms with E-state index in [0.717, 1.165) is 44.8 Å². The Balaban J connectivity index is 1.84. The third kappa shape index (κ3) is 2.85. The zero-order chi connectivity index (χ0) is 22.5. The molecule has 0 saturated heterocycles. The molecule has 33 heavy (non-hydrogen) atoms. The van der Waals surface area contributed by atoms with E-state index in [0.29, 0.717) is 17.6 Å². The van der Waals surface area contributed by atoms with Crippen LogP contribution in [0.3, 0.4) is 0 Å². The fourth-order valence-electron chi connectivity index (χ4n) is 4.82. The summed E-state index contributed by atoms with van der Waals surface area (Å²) in [6.45, 7) is 4.07. The number of pyridine rings is 1. The topological polar surface area (TPSA) is 58.9 Å². The number of aromatic nitrogens is 4. The van der Waals surface area contributed by atoms with Crippen LogP contribution in [0.15, 0.2) is 78.9 Å². The van der Waals surface area contributed by atoms with Gasteiger partial charge in [0.1, 0.15) is 17.7 Å². The van der Waals surface area contributed by atoms with Crippen molar-refractivity contribution in [3.8, 4) is 11.9 Å². The van der Waals surface area contributed by atoms with Gasteiger partial charge in [-0.1, -0.05) is 54.6 Å². The van der Waals surface area contributed by atoms with E-state index in [2.05, 4.69) is 51.4 Å². The molecule has 0 bridgehead atoms. The first-order valence-corrected chi connectivity index (χ1v) is 11.0. The van der Waals surface area contributed by atoms with Crippen molar-refractivity contribution in [3.63, 3.8) is 0 Å². The molecule has 6 aromatic rings. The first-order chi connectivity index (χ1) is 16.2. The highest BCUT2D eigenvalue weighted by Crippen LogP contribution is 2.34. The van der Waals surface area contributed by atoms with Crippen LogP contribution < -0.4 is 0 Å². The first-order valence-electron chi connectivity index (χ1n) is 11.0. The van der Waals surface area contributed by atoms with Gasteiger partial charge in [0.15, 0.2) is 5.65 Å². The maximum atomic E-state index is 10.2. The van der Waals surface area contributed by atoms with Crippen LogP contribution in [0.4, 0.5) is 0 Å². The highest BCUT2D eigenvalue weighted by atomic mass is 15.2. The molecular formula is C28H21N5. The molecule has 0 aliphatic carbocycles. The van der Waals surface area contributed by atoms with Gasteiger partial charge in [-0.05, 0) is 49.2 Å². The van der Waals surface area contributed by atoms with E-state index < -0.39 is 0 Å². The third-order valence-corrected chi connectivity index (χ3v) is 6.37. The number of fused-ring (bicyclic) bond motifs is 4. The molecule has 0 unspecified atom stereocenters. The van der Waals surface area contributed by atoms with Crippen molar-refractivity contribution >= 4 is 27.7 Å². The van der Waals surface area contributed by atoms with E-state index >= 15 is 0 Å². The first kappa shape index (κ1) is 19.3. The number of nitriles is 1. The van der Waals surface area contributed by atoms with Crippen molar-refractivity contribution in [1.29, 1.82) is 5.26 Å². The fourth-order valence-corrected chi connectivity index (χ4v) is 4.82. The summed E-state index contributed by atoms with van der Waals surface area (Å²) in [5.74, 6) is 1.89. The van der Waals surface area contributed by atoms with Crippen LogP contribution in [-0.4, -0.2) is 18.9 Å². The van der Waals surface area contributed by atoms with Gasteiger partial charge in [0.2, 0.25) is 0 Å². The van der Waals surface area contributed by atoms with Gasteiger partial charge in [0.25, 0.3) is 0 Å². The standard InChI is InChI=1S/C28H21N5/c1-18-21(16-20-10-4-3-5-11-20)28(32-19(2)30-23-12-6-8-14-25(23)32)33-26-15-9-7-13-24(26)31-27(33)22(18)17-29/h3-15H,16H2,1-2H3. The normalized spacial score (nSPS) is 11.4. The summed E-state index contributed by atoms with van der Waals surface area (Å²) >= 11 is 0. The molecule has 0 spiro atoms. The second-order valence-electron chi connectivity index (χ2n) is 8.32. The Hall–Kier alpha value is -4.43. The molecule has 0 atom stereocenters. The summed E-state index contributed by atoms with van der Waals surface area (Å²) in [5.41, 5.74) is 8.36. The quantitative estimate of drug-likeness (QED) is 0.353. The van der Waals surface area contributed by atoms with Gasteiger partial charge in [-0.25, -0.2) is 9.97 Å². The minimum atomic E-state index is 0.614. The zero-order valence-corrected chi connectivity index (χ0v) is 18.4. The molecule has 0 N–H and O–H groups in total. The summed E-state index contributed by atoms with van der Waals surface area (Å²) < 4.78 is 4.35. The molecule has 0 aliphatic rings. The number of rotatable bonds is 3. The van der Waals surface area contributed by atoms with Crippen LogP contribution in [0.5, 0.6) is 0 Å². The van der Waals surface area contributed by atoms with Crippen molar-refractivity contribution in [2.75, 3.05) is 0 Å². The summed E-state index contributed by atoms with van der Waals surface area (Å²) in [6, 6.07) is 29.1. The van der Waals surface area contributed by atoms with E-state index in [9.17, 15) is 5.26 Å². The number of hydrogen-bond donors (Lipinski definition) is 0. The molecule has 0 aliphatic heterocycles. The molecule has 5 nitrogen and oxygen atoms in total. The maximum absolute atomic E-state index is 10.2. The number of hydrogen-bond acceptors (Lipinski definition) is 3. The minimum Gasteiger partial charge on any atom is -0.281 e. The monoisotopic (exact) mass is 427 g/mol. The molecule has 0 radical (unpaired) electrons. The number of para-hydroxylation sites is 4. The van der Waals surface area contributed by atoms with Gasteiger partial charge in [0, 0.05) is 12.0 Å². The van der Waals surface area contributed by atoms with Crippen LogP contribution in [0, 0.1) is 25.2 Å². The van der Waals surface area contributed by atoms with E-state index in [-0.39, 0.29) is 0 Å². The van der Waals surface area contributed by atoms with Gasteiger partial charge in [-0.15, -0.1) is 0 Å². The van der Waals surface area contributed by atoms with Crippen LogP contribution >= 0.6 is 0 Å². The second-order valence-corrected chi connectivity index (χ2v) is 8.32. The minimum absolute atomic E-state index is 0.614. The Morgan fingerprint density at radius 3 is 2.15 bits per heavy atom. The molecule has 3 aromatic heterocycles. The second kappa shape index (κ2) is 7.32. The Bertz CT molecular complexity index is 1710. The highest BCUT2D eigenvalue weighted by molar-refractivity contribution is 5.86. The summed E-state index contributed by atoms with van der Waals surface area (Å²) in [5, 5.41) is 10.2. The lowest BCUT2D eigenvalue weighted by Crippen LogP contribution is -2.13. The highest BCUT2D eigenvalue weighted by Gasteiger charge is 2.24. The van der Waals surface area contributed by atoms with Crippen LogP contribution in [0.1, 0.15) is 28.1 Å². The summed E-state index contributed by atoms with van der Waals surface area (Å²) in [6.07, 6.45) is 0.699. The van der Waals surface area contributed by atoms with Crippen molar-refractivity contribution in [2.24, 2.45) is 0 Å². The third-order valence-electron chi connectivity index (χ3n) is 6.37. The predicted octanol–water partition coefficient (Wildman–Crippen LogP) is 5.91. The van der Waals surface area contributed by atoms with Gasteiger partial charge in [0.05, 0.1) is 27.6 Å². The SMILES string of the molecule is Cc1c(Cc2ccccc2)c(-n2c(C)nc3ccccc32)n2c(nc3ccccc32)c1C#N. The Morgan fingerprint density at radius 2 is 1.42 bits per heavy atom. The molecule has 3 aromatic carbocycles. The zero-order valence-electron chi connectivity index (χ0n) is 18.4. The van der Waals surface area contributed by atoms with Gasteiger partial charge in [-0.3, -0.25) is 8.97 Å². The van der Waals surface area contributed by atoms with Crippen molar-refractivity contribution in [1.82, 2.24) is 18.9 Å². The lowest BCUT2D eigenvalue weighted by atomic mass is 9.97. The van der Waals surface area contributed by atoms with Crippen molar-refractivity contribution in [2.45, 2.75) is 20.3 Å². The Morgan fingerprint density at radius 1 is 0.788 bits per heavy atom. The van der Waals surface area contributed by atoms with Crippen LogP contribution in [0.2, 0.25) is 0 Å². The summed E-state index contributed by atoms with van der Waals surface area (Å²) in [4.78, 5) is 9.73. The lowest BCUT2D eigenvalue weighted by Gasteiger charge is -2.20. The molecule has 6 rings (SSSR count). The largest absolute Gasteiger partial charge is 0.281 e. The van der Waals surface area contributed by atoms with E-state index in [4.69, 9.17) is 9.97 Å². The van der Waals surface area contributed by atoms with E-state index in [1.807, 2.05) is 56.3 Å². The van der Waals surface area contributed by atoms with E-state index in [1.165, 1.54) is 5.56 Å². The molecular weight excluding hydrogens is 406 g/mol. The fraction of sp³-hybridized carbons (Fsp3) is 0.107. The predicted molar refractivity (Wildman–Crippen MR) is 131 cm³/mol. The Kier molecular flexibility index (Phi) is 4.27. The molecule has 0 saturated carbocycles. The van der Waals surface area contributed by atoms with Crippen LogP contribution in [-0.2, 0) is 6.42 Å².